The first-order valence-electron chi connectivity index (χ1n) is 9.41. The Hall–Kier alpha value is -2.58. The maximum absolute atomic E-state index is 12.6. The fourth-order valence-corrected chi connectivity index (χ4v) is 3.96. The van der Waals surface area contributed by atoms with Crippen LogP contribution < -0.4 is 0 Å². The molecule has 7 nitrogen and oxygen atoms in total. The predicted molar refractivity (Wildman–Crippen MR) is 107 cm³/mol. The van der Waals surface area contributed by atoms with E-state index >= 15 is 0 Å². The van der Waals surface area contributed by atoms with Crippen LogP contribution in [0.3, 0.4) is 0 Å². The average molecular weight is 398 g/mol. The van der Waals surface area contributed by atoms with Crippen LogP contribution in [0.15, 0.2) is 40.4 Å². The predicted octanol–water partition coefficient (Wildman–Crippen LogP) is 2.95. The Morgan fingerprint density at radius 3 is 2.75 bits per heavy atom. The highest BCUT2D eigenvalue weighted by atomic mass is 32.1. The third-order valence-electron chi connectivity index (χ3n) is 5.08. The lowest BCUT2D eigenvalue weighted by Crippen LogP contribution is -2.49. The molecule has 1 saturated heterocycles. The molecule has 0 bridgehead atoms. The van der Waals surface area contributed by atoms with Gasteiger partial charge in [-0.15, -0.1) is 11.3 Å². The van der Waals surface area contributed by atoms with Gasteiger partial charge in [0, 0.05) is 38.1 Å². The summed E-state index contributed by atoms with van der Waals surface area (Å²) in [5.41, 5.74) is 1.92. The fraction of sp³-hybridized carbons (Fsp3) is 0.400. The number of thiophene rings is 1. The van der Waals surface area contributed by atoms with Gasteiger partial charge in [0.05, 0.1) is 17.3 Å². The molecule has 1 amide bonds. The van der Waals surface area contributed by atoms with E-state index in [1.165, 1.54) is 0 Å². The highest BCUT2D eigenvalue weighted by Crippen LogP contribution is 2.26. The molecule has 146 valence electrons. The summed E-state index contributed by atoms with van der Waals surface area (Å²) >= 11 is 1.59. The zero-order valence-corrected chi connectivity index (χ0v) is 16.9. The number of pyridine rings is 1. The Balaban J connectivity index is 1.32. The number of carbonyl (C=O) groups excluding carboxylic acids is 1. The summed E-state index contributed by atoms with van der Waals surface area (Å²) < 4.78 is 5.48. The van der Waals surface area contributed by atoms with Gasteiger partial charge in [-0.2, -0.15) is 4.98 Å². The minimum atomic E-state index is 0.0276. The standard InChI is InChI=1S/C20H23N5O2S/c1-14-5-6-16(13-21-14)12-18(26)25-9-7-24(8-10-25)15(2)20-22-19(23-27-20)17-4-3-11-28-17/h3-6,11,13,15H,7-10,12H2,1-2H3/t15-/m0/s1. The van der Waals surface area contributed by atoms with Crippen molar-refractivity contribution in [3.63, 3.8) is 0 Å². The van der Waals surface area contributed by atoms with Crippen molar-refractivity contribution < 1.29 is 9.32 Å². The number of amides is 1. The monoisotopic (exact) mass is 397 g/mol. The number of nitrogens with zero attached hydrogens (tertiary/aromatic N) is 5. The van der Waals surface area contributed by atoms with Gasteiger partial charge >= 0.3 is 0 Å². The van der Waals surface area contributed by atoms with Gasteiger partial charge in [-0.25, -0.2) is 0 Å². The quantitative estimate of drug-likeness (QED) is 0.659. The molecular weight excluding hydrogens is 374 g/mol. The van der Waals surface area contributed by atoms with Crippen molar-refractivity contribution in [2.45, 2.75) is 26.3 Å². The first-order valence-corrected chi connectivity index (χ1v) is 10.3. The average Bonchev–Trinajstić information content (AvgIpc) is 3.41. The van der Waals surface area contributed by atoms with Gasteiger partial charge in [0.2, 0.25) is 17.6 Å². The van der Waals surface area contributed by atoms with E-state index in [0.717, 1.165) is 29.2 Å². The van der Waals surface area contributed by atoms with Gasteiger partial charge in [0.25, 0.3) is 0 Å². The molecule has 1 aliphatic heterocycles. The molecule has 4 rings (SSSR count). The summed E-state index contributed by atoms with van der Waals surface area (Å²) in [5.74, 6) is 1.40. The van der Waals surface area contributed by atoms with Crippen molar-refractivity contribution in [1.29, 1.82) is 0 Å². The molecule has 1 atom stereocenters. The summed E-state index contributed by atoms with van der Waals surface area (Å²) in [4.78, 5) is 26.6. The Bertz CT molecular complexity index is 914. The lowest BCUT2D eigenvalue weighted by molar-refractivity contribution is -0.132. The van der Waals surface area contributed by atoms with Crippen molar-refractivity contribution in [3.05, 3.63) is 53.0 Å². The largest absolute Gasteiger partial charge is 0.340 e. The zero-order chi connectivity index (χ0) is 19.5. The molecule has 28 heavy (non-hydrogen) atoms. The topological polar surface area (TPSA) is 75.4 Å². The van der Waals surface area contributed by atoms with Gasteiger partial charge in [-0.05, 0) is 36.9 Å². The number of hydrogen-bond acceptors (Lipinski definition) is 7. The van der Waals surface area contributed by atoms with E-state index in [1.54, 1.807) is 17.5 Å². The van der Waals surface area contributed by atoms with Gasteiger partial charge in [-0.3, -0.25) is 14.7 Å². The highest BCUT2D eigenvalue weighted by molar-refractivity contribution is 7.13. The van der Waals surface area contributed by atoms with Crippen LogP contribution in [0.25, 0.3) is 10.7 Å². The van der Waals surface area contributed by atoms with E-state index in [2.05, 4.69) is 26.9 Å². The molecule has 0 aromatic carbocycles. The van der Waals surface area contributed by atoms with Crippen molar-refractivity contribution in [2.75, 3.05) is 26.2 Å². The molecular formula is C20H23N5O2S. The van der Waals surface area contributed by atoms with E-state index in [1.807, 2.05) is 41.5 Å². The van der Waals surface area contributed by atoms with Crippen LogP contribution in [0.4, 0.5) is 0 Å². The summed E-state index contributed by atoms with van der Waals surface area (Å²) in [6, 6.07) is 7.90. The van der Waals surface area contributed by atoms with Crippen LogP contribution in [-0.4, -0.2) is 57.0 Å². The van der Waals surface area contributed by atoms with Gasteiger partial charge in [0.1, 0.15) is 0 Å². The molecule has 0 saturated carbocycles. The first kappa shape index (κ1) is 18.8. The Kier molecular flexibility index (Phi) is 5.50. The normalized spacial score (nSPS) is 16.3. The van der Waals surface area contributed by atoms with E-state index in [9.17, 15) is 4.79 Å². The van der Waals surface area contributed by atoms with Crippen molar-refractivity contribution >= 4 is 17.2 Å². The summed E-state index contributed by atoms with van der Waals surface area (Å²) in [5, 5.41) is 6.10. The maximum Gasteiger partial charge on any atom is 0.244 e. The highest BCUT2D eigenvalue weighted by Gasteiger charge is 2.27. The number of carbonyl (C=O) groups is 1. The van der Waals surface area contributed by atoms with Crippen LogP contribution in [0, 0.1) is 6.92 Å². The Morgan fingerprint density at radius 2 is 2.07 bits per heavy atom. The molecule has 1 aliphatic rings. The number of piperazine rings is 1. The lowest BCUT2D eigenvalue weighted by atomic mass is 10.1. The molecule has 8 heteroatoms. The smallest absolute Gasteiger partial charge is 0.244 e. The third-order valence-corrected chi connectivity index (χ3v) is 5.95. The minimum absolute atomic E-state index is 0.0276. The van der Waals surface area contributed by atoms with Crippen molar-refractivity contribution in [3.8, 4) is 10.7 Å². The molecule has 0 spiro atoms. The number of aryl methyl sites for hydroxylation is 1. The molecule has 3 aromatic heterocycles. The summed E-state index contributed by atoms with van der Waals surface area (Å²) in [7, 11) is 0. The number of aromatic nitrogens is 3. The molecule has 0 aliphatic carbocycles. The fourth-order valence-electron chi connectivity index (χ4n) is 3.31. The third kappa shape index (κ3) is 4.13. The summed E-state index contributed by atoms with van der Waals surface area (Å²) in [6.45, 7) is 6.99. The maximum atomic E-state index is 12.6. The SMILES string of the molecule is Cc1ccc(CC(=O)N2CCN([C@@H](C)c3nc(-c4cccs4)no3)CC2)cn1. The minimum Gasteiger partial charge on any atom is -0.340 e. The van der Waals surface area contributed by atoms with Crippen molar-refractivity contribution in [1.82, 2.24) is 24.9 Å². The van der Waals surface area contributed by atoms with Gasteiger partial charge in [0.15, 0.2) is 0 Å². The molecule has 4 heterocycles. The second-order valence-electron chi connectivity index (χ2n) is 7.01. The number of rotatable bonds is 5. The van der Waals surface area contributed by atoms with Crippen LogP contribution in [0.5, 0.6) is 0 Å². The molecule has 3 aromatic rings. The van der Waals surface area contributed by atoms with E-state index < -0.39 is 0 Å². The number of hydrogen-bond donors (Lipinski definition) is 0. The van der Waals surface area contributed by atoms with Crippen LogP contribution in [0.2, 0.25) is 0 Å². The van der Waals surface area contributed by atoms with Crippen LogP contribution >= 0.6 is 11.3 Å². The second-order valence-corrected chi connectivity index (χ2v) is 7.96. The first-order chi connectivity index (χ1) is 13.6. The summed E-state index contributed by atoms with van der Waals surface area (Å²) in [6.07, 6.45) is 2.18. The van der Waals surface area contributed by atoms with Crippen molar-refractivity contribution in [2.24, 2.45) is 0 Å². The van der Waals surface area contributed by atoms with E-state index in [0.29, 0.717) is 31.2 Å². The Labute approximate surface area is 168 Å². The molecule has 0 unspecified atom stereocenters. The van der Waals surface area contributed by atoms with E-state index in [-0.39, 0.29) is 11.9 Å². The zero-order valence-electron chi connectivity index (χ0n) is 16.0. The molecule has 0 N–H and O–H groups in total. The van der Waals surface area contributed by atoms with Gasteiger partial charge in [-0.1, -0.05) is 17.3 Å². The molecule has 0 radical (unpaired) electrons. The lowest BCUT2D eigenvalue weighted by Gasteiger charge is -2.36. The Morgan fingerprint density at radius 1 is 1.25 bits per heavy atom. The second kappa shape index (κ2) is 8.20. The van der Waals surface area contributed by atoms with E-state index in [4.69, 9.17) is 4.52 Å². The van der Waals surface area contributed by atoms with Crippen LogP contribution in [0.1, 0.15) is 30.1 Å². The van der Waals surface area contributed by atoms with Crippen LogP contribution in [-0.2, 0) is 11.2 Å². The van der Waals surface area contributed by atoms with Gasteiger partial charge < -0.3 is 9.42 Å². The molecule has 1 fully saturated rings.